The largest absolute Gasteiger partial charge is 0.394 e. The van der Waals surface area contributed by atoms with E-state index in [1.165, 1.54) is 0 Å². The van der Waals surface area contributed by atoms with E-state index >= 15 is 0 Å². The second-order valence-corrected chi connectivity index (χ2v) is 4.48. The minimum absolute atomic E-state index is 0.0112. The number of amides is 1. The molecule has 2 fully saturated rings. The second-order valence-electron chi connectivity index (χ2n) is 4.48. The highest BCUT2D eigenvalue weighted by atomic mass is 16.5. The molecule has 2 heterocycles. The van der Waals surface area contributed by atoms with Crippen molar-refractivity contribution in [2.75, 3.05) is 19.8 Å². The molecule has 4 heteroatoms. The first-order valence-electron chi connectivity index (χ1n) is 5.77. The first-order chi connectivity index (χ1) is 7.24. The molecular weight excluding hydrogens is 194 g/mol. The summed E-state index contributed by atoms with van der Waals surface area (Å²) in [5, 5.41) is 9.17. The van der Waals surface area contributed by atoms with Gasteiger partial charge in [-0.3, -0.25) is 4.79 Å². The van der Waals surface area contributed by atoms with Gasteiger partial charge in [-0.2, -0.15) is 0 Å². The molecule has 2 unspecified atom stereocenters. The number of likely N-dealkylation sites (tertiary alicyclic amines) is 1. The fourth-order valence-corrected chi connectivity index (χ4v) is 2.58. The lowest BCUT2D eigenvalue weighted by Crippen LogP contribution is -2.43. The summed E-state index contributed by atoms with van der Waals surface area (Å²) in [5.41, 5.74) is 0. The van der Waals surface area contributed by atoms with Crippen molar-refractivity contribution < 1.29 is 14.6 Å². The van der Waals surface area contributed by atoms with E-state index in [0.29, 0.717) is 6.61 Å². The molecule has 1 amide bonds. The Morgan fingerprint density at radius 1 is 1.53 bits per heavy atom. The Kier molecular flexibility index (Phi) is 3.26. The van der Waals surface area contributed by atoms with E-state index in [9.17, 15) is 4.79 Å². The van der Waals surface area contributed by atoms with E-state index < -0.39 is 0 Å². The third kappa shape index (κ3) is 2.01. The number of hydrogen-bond donors (Lipinski definition) is 1. The number of aliphatic hydroxyl groups excluding tert-OH is 1. The van der Waals surface area contributed by atoms with Gasteiger partial charge in [-0.25, -0.2) is 0 Å². The Morgan fingerprint density at radius 3 is 2.93 bits per heavy atom. The molecule has 4 nitrogen and oxygen atoms in total. The van der Waals surface area contributed by atoms with Gasteiger partial charge in [0.1, 0.15) is 0 Å². The molecule has 0 aromatic heterocycles. The molecule has 86 valence electrons. The Labute approximate surface area is 90.2 Å². The van der Waals surface area contributed by atoms with Crippen molar-refractivity contribution in [1.29, 1.82) is 0 Å². The molecular formula is C11H19NO3. The van der Waals surface area contributed by atoms with E-state index in [2.05, 4.69) is 0 Å². The highest BCUT2D eigenvalue weighted by molar-refractivity contribution is 5.80. The van der Waals surface area contributed by atoms with Crippen molar-refractivity contribution in [3.63, 3.8) is 0 Å². The van der Waals surface area contributed by atoms with Gasteiger partial charge in [-0.15, -0.1) is 0 Å². The molecule has 2 saturated heterocycles. The van der Waals surface area contributed by atoms with Crippen molar-refractivity contribution in [2.45, 2.75) is 38.3 Å². The van der Waals surface area contributed by atoms with Gasteiger partial charge in [0.2, 0.25) is 5.91 Å². The highest BCUT2D eigenvalue weighted by Gasteiger charge is 2.37. The quantitative estimate of drug-likeness (QED) is 0.722. The third-order valence-electron chi connectivity index (χ3n) is 3.56. The summed E-state index contributed by atoms with van der Waals surface area (Å²) in [6.45, 7) is 3.54. The zero-order valence-corrected chi connectivity index (χ0v) is 9.19. The van der Waals surface area contributed by atoms with Crippen molar-refractivity contribution in [3.8, 4) is 0 Å². The van der Waals surface area contributed by atoms with Gasteiger partial charge in [0.05, 0.1) is 24.7 Å². The number of hydrogen-bond acceptors (Lipinski definition) is 3. The van der Waals surface area contributed by atoms with Crippen LogP contribution in [0, 0.1) is 5.92 Å². The van der Waals surface area contributed by atoms with E-state index in [1.54, 1.807) is 0 Å². The van der Waals surface area contributed by atoms with Gasteiger partial charge in [0.25, 0.3) is 0 Å². The van der Waals surface area contributed by atoms with Crippen LogP contribution < -0.4 is 0 Å². The van der Waals surface area contributed by atoms with Crippen LogP contribution >= 0.6 is 0 Å². The second kappa shape index (κ2) is 4.49. The fourth-order valence-electron chi connectivity index (χ4n) is 2.58. The Balaban J connectivity index is 2.00. The monoisotopic (exact) mass is 213 g/mol. The van der Waals surface area contributed by atoms with E-state index in [1.807, 2.05) is 11.8 Å². The summed E-state index contributed by atoms with van der Waals surface area (Å²) in [7, 11) is 0. The molecule has 3 atom stereocenters. The summed E-state index contributed by atoms with van der Waals surface area (Å²) < 4.78 is 5.41. The smallest absolute Gasteiger partial charge is 0.228 e. The topological polar surface area (TPSA) is 49.8 Å². The molecule has 2 aliphatic rings. The molecule has 2 rings (SSSR count). The van der Waals surface area contributed by atoms with Crippen LogP contribution in [0.25, 0.3) is 0 Å². The predicted octanol–water partition coefficient (Wildman–Crippen LogP) is 0.395. The molecule has 2 aliphatic heterocycles. The fraction of sp³-hybridized carbons (Fsp3) is 0.909. The number of carbonyl (C=O) groups is 1. The summed E-state index contributed by atoms with van der Waals surface area (Å²) in [4.78, 5) is 14.0. The van der Waals surface area contributed by atoms with Crippen molar-refractivity contribution in [3.05, 3.63) is 0 Å². The van der Waals surface area contributed by atoms with E-state index in [4.69, 9.17) is 9.84 Å². The molecule has 0 saturated carbocycles. The van der Waals surface area contributed by atoms with Gasteiger partial charge in [0, 0.05) is 13.2 Å². The summed E-state index contributed by atoms with van der Waals surface area (Å²) >= 11 is 0. The maximum absolute atomic E-state index is 12.2. The predicted molar refractivity (Wildman–Crippen MR) is 55.3 cm³/mol. The molecule has 0 aromatic rings. The Morgan fingerprint density at radius 2 is 2.33 bits per heavy atom. The number of aliphatic hydroxyl groups is 1. The zero-order chi connectivity index (χ0) is 10.8. The molecule has 0 spiro atoms. The van der Waals surface area contributed by atoms with Crippen molar-refractivity contribution in [1.82, 2.24) is 4.90 Å². The third-order valence-corrected chi connectivity index (χ3v) is 3.56. The van der Waals surface area contributed by atoms with Crippen LogP contribution in [0.5, 0.6) is 0 Å². The normalized spacial score (nSPS) is 36.1. The van der Waals surface area contributed by atoms with Gasteiger partial charge < -0.3 is 14.7 Å². The first kappa shape index (κ1) is 10.9. The molecule has 15 heavy (non-hydrogen) atoms. The Bertz CT molecular complexity index is 244. The standard InChI is InChI=1S/C11H19NO3/c1-8-10(4-6-15-8)11(14)12-5-2-3-9(12)7-13/h8-10,13H,2-7H2,1H3/t8?,9-,10?/m0/s1. The minimum atomic E-state index is 0.0112. The SMILES string of the molecule is CC1OCCC1C(=O)N1CCC[C@H]1CO. The molecule has 0 bridgehead atoms. The number of rotatable bonds is 2. The van der Waals surface area contributed by atoms with Crippen LogP contribution in [0.2, 0.25) is 0 Å². The number of ether oxygens (including phenoxy) is 1. The number of nitrogens with zero attached hydrogens (tertiary/aromatic N) is 1. The lowest BCUT2D eigenvalue weighted by atomic mass is 10.0. The molecule has 0 radical (unpaired) electrons. The number of carbonyl (C=O) groups excluding carboxylic acids is 1. The lowest BCUT2D eigenvalue weighted by molar-refractivity contribution is -0.138. The van der Waals surface area contributed by atoms with E-state index in [-0.39, 0.29) is 30.6 Å². The van der Waals surface area contributed by atoms with Gasteiger partial charge in [-0.05, 0) is 26.2 Å². The summed E-state index contributed by atoms with van der Waals surface area (Å²) in [6.07, 6.45) is 2.81. The average molecular weight is 213 g/mol. The molecule has 1 N–H and O–H groups in total. The van der Waals surface area contributed by atoms with Crippen LogP contribution in [0.4, 0.5) is 0 Å². The lowest BCUT2D eigenvalue weighted by Gasteiger charge is -2.27. The van der Waals surface area contributed by atoms with Crippen molar-refractivity contribution in [2.24, 2.45) is 5.92 Å². The maximum Gasteiger partial charge on any atom is 0.228 e. The Hall–Kier alpha value is -0.610. The van der Waals surface area contributed by atoms with Gasteiger partial charge >= 0.3 is 0 Å². The van der Waals surface area contributed by atoms with Gasteiger partial charge in [0.15, 0.2) is 0 Å². The van der Waals surface area contributed by atoms with Crippen molar-refractivity contribution >= 4 is 5.91 Å². The molecule has 0 aliphatic carbocycles. The summed E-state index contributed by atoms with van der Waals surface area (Å²) in [5.74, 6) is 0.189. The van der Waals surface area contributed by atoms with Crippen LogP contribution in [-0.4, -0.2) is 47.8 Å². The summed E-state index contributed by atoms with van der Waals surface area (Å²) in [6, 6.07) is 0.0466. The van der Waals surface area contributed by atoms with Crippen LogP contribution in [0.15, 0.2) is 0 Å². The average Bonchev–Trinajstić information content (AvgIpc) is 2.84. The molecule has 0 aromatic carbocycles. The van der Waals surface area contributed by atoms with Crippen LogP contribution in [-0.2, 0) is 9.53 Å². The van der Waals surface area contributed by atoms with E-state index in [0.717, 1.165) is 25.8 Å². The highest BCUT2D eigenvalue weighted by Crippen LogP contribution is 2.26. The van der Waals surface area contributed by atoms with Crippen LogP contribution in [0.3, 0.4) is 0 Å². The first-order valence-corrected chi connectivity index (χ1v) is 5.77. The van der Waals surface area contributed by atoms with Gasteiger partial charge in [-0.1, -0.05) is 0 Å². The zero-order valence-electron chi connectivity index (χ0n) is 9.19. The maximum atomic E-state index is 12.2. The van der Waals surface area contributed by atoms with Crippen LogP contribution in [0.1, 0.15) is 26.2 Å². The minimum Gasteiger partial charge on any atom is -0.394 e.